The molecule has 1 heterocycles. The fraction of sp³-hybridized carbons (Fsp3) is 0.846. The molecule has 0 aliphatic carbocycles. The van der Waals surface area contributed by atoms with Crippen molar-refractivity contribution in [2.45, 2.75) is 32.2 Å². The zero-order chi connectivity index (χ0) is 14.1. The molecule has 1 saturated heterocycles. The van der Waals surface area contributed by atoms with Crippen LogP contribution in [-0.2, 0) is 14.3 Å². The topological polar surface area (TPSA) is 70.7 Å². The van der Waals surface area contributed by atoms with Crippen LogP contribution in [0.2, 0.25) is 0 Å². The zero-order valence-corrected chi connectivity index (χ0v) is 11.9. The first-order valence-corrected chi connectivity index (χ1v) is 6.95. The lowest BCUT2D eigenvalue weighted by atomic mass is 10.2. The number of rotatable bonds is 8. The third-order valence-electron chi connectivity index (χ3n) is 3.41. The lowest BCUT2D eigenvalue weighted by molar-refractivity contribution is -0.140. The molecule has 0 spiro atoms. The fourth-order valence-corrected chi connectivity index (χ4v) is 2.25. The fourth-order valence-electron chi connectivity index (χ4n) is 2.25. The number of carbonyl (C=O) groups is 2. The Hall–Kier alpha value is -1.14. The lowest BCUT2D eigenvalue weighted by Crippen LogP contribution is -2.44. The van der Waals surface area contributed by atoms with E-state index in [-0.39, 0.29) is 11.9 Å². The number of hydrogen-bond acceptors (Lipinski definition) is 5. The minimum Gasteiger partial charge on any atom is -0.469 e. The summed E-state index contributed by atoms with van der Waals surface area (Å²) in [7, 11) is 1.37. The molecule has 0 aromatic rings. The van der Waals surface area contributed by atoms with Crippen molar-refractivity contribution in [3.8, 4) is 0 Å². The van der Waals surface area contributed by atoms with Gasteiger partial charge >= 0.3 is 5.97 Å². The van der Waals surface area contributed by atoms with Crippen LogP contribution < -0.4 is 10.6 Å². The Morgan fingerprint density at radius 3 is 2.84 bits per heavy atom. The molecule has 0 radical (unpaired) electrons. The highest BCUT2D eigenvalue weighted by molar-refractivity contribution is 5.78. The summed E-state index contributed by atoms with van der Waals surface area (Å²) >= 11 is 0. The maximum Gasteiger partial charge on any atom is 0.305 e. The van der Waals surface area contributed by atoms with Gasteiger partial charge in [0, 0.05) is 25.6 Å². The maximum atomic E-state index is 11.8. The van der Waals surface area contributed by atoms with E-state index in [4.69, 9.17) is 0 Å². The average Bonchev–Trinajstić information content (AvgIpc) is 2.94. The average molecular weight is 271 g/mol. The maximum absolute atomic E-state index is 11.8. The van der Waals surface area contributed by atoms with E-state index in [1.165, 1.54) is 7.11 Å². The standard InChI is InChI=1S/C13H25N3O3/c1-3-16(11-6-8-14-9-11)10-12(17)15-7-4-5-13(18)19-2/h11,14H,3-10H2,1-2H3,(H,15,17). The van der Waals surface area contributed by atoms with E-state index < -0.39 is 0 Å². The highest BCUT2D eigenvalue weighted by Crippen LogP contribution is 2.07. The first-order chi connectivity index (χ1) is 9.17. The normalized spacial score (nSPS) is 18.6. The van der Waals surface area contributed by atoms with Crippen LogP contribution in [0.25, 0.3) is 0 Å². The molecule has 0 bridgehead atoms. The van der Waals surface area contributed by atoms with Crippen molar-refractivity contribution in [1.29, 1.82) is 0 Å². The quantitative estimate of drug-likeness (QED) is 0.470. The molecule has 2 N–H and O–H groups in total. The Labute approximate surface area is 114 Å². The minimum absolute atomic E-state index is 0.0265. The Balaban J connectivity index is 2.16. The van der Waals surface area contributed by atoms with Gasteiger partial charge in [-0.25, -0.2) is 0 Å². The van der Waals surface area contributed by atoms with Crippen molar-refractivity contribution < 1.29 is 14.3 Å². The third kappa shape index (κ3) is 6.02. The van der Waals surface area contributed by atoms with Gasteiger partial charge in [-0.2, -0.15) is 0 Å². The van der Waals surface area contributed by atoms with Gasteiger partial charge in [-0.3, -0.25) is 14.5 Å². The first kappa shape index (κ1) is 15.9. The number of carbonyl (C=O) groups excluding carboxylic acids is 2. The number of esters is 1. The van der Waals surface area contributed by atoms with Gasteiger partial charge in [-0.05, 0) is 25.9 Å². The molecule has 19 heavy (non-hydrogen) atoms. The largest absolute Gasteiger partial charge is 0.469 e. The molecule has 0 aromatic heterocycles. The summed E-state index contributed by atoms with van der Waals surface area (Å²) in [6.45, 7) is 5.89. The molecule has 1 fully saturated rings. The van der Waals surface area contributed by atoms with Crippen molar-refractivity contribution in [3.05, 3.63) is 0 Å². The number of likely N-dealkylation sites (N-methyl/N-ethyl adjacent to an activating group) is 1. The van der Waals surface area contributed by atoms with Gasteiger partial charge in [0.2, 0.25) is 5.91 Å². The van der Waals surface area contributed by atoms with Gasteiger partial charge in [0.1, 0.15) is 0 Å². The summed E-state index contributed by atoms with van der Waals surface area (Å²) in [6.07, 6.45) is 2.07. The van der Waals surface area contributed by atoms with Gasteiger partial charge in [0.05, 0.1) is 13.7 Å². The van der Waals surface area contributed by atoms with E-state index in [0.717, 1.165) is 26.1 Å². The summed E-state index contributed by atoms with van der Waals surface area (Å²) < 4.78 is 4.54. The van der Waals surface area contributed by atoms with Crippen molar-refractivity contribution in [2.24, 2.45) is 0 Å². The third-order valence-corrected chi connectivity index (χ3v) is 3.41. The van der Waals surface area contributed by atoms with Crippen LogP contribution >= 0.6 is 0 Å². The molecular formula is C13H25N3O3. The molecule has 1 unspecified atom stereocenters. The first-order valence-electron chi connectivity index (χ1n) is 6.95. The van der Waals surface area contributed by atoms with E-state index in [1.807, 2.05) is 0 Å². The second-order valence-electron chi connectivity index (χ2n) is 4.74. The van der Waals surface area contributed by atoms with Crippen LogP contribution in [0.3, 0.4) is 0 Å². The molecule has 1 aliphatic rings. The van der Waals surface area contributed by atoms with E-state index in [0.29, 0.717) is 32.0 Å². The van der Waals surface area contributed by atoms with E-state index in [9.17, 15) is 9.59 Å². The van der Waals surface area contributed by atoms with Crippen LogP contribution in [0, 0.1) is 0 Å². The molecule has 1 atom stereocenters. The molecule has 1 rings (SSSR count). The smallest absolute Gasteiger partial charge is 0.305 e. The molecule has 6 nitrogen and oxygen atoms in total. The summed E-state index contributed by atoms with van der Waals surface area (Å²) in [6, 6.07) is 0.464. The Kier molecular flexibility index (Phi) is 7.43. The molecule has 6 heteroatoms. The number of ether oxygens (including phenoxy) is 1. The molecule has 0 saturated carbocycles. The number of amides is 1. The van der Waals surface area contributed by atoms with Crippen LogP contribution in [0.1, 0.15) is 26.2 Å². The van der Waals surface area contributed by atoms with Gasteiger partial charge < -0.3 is 15.4 Å². The van der Waals surface area contributed by atoms with E-state index in [1.54, 1.807) is 0 Å². The van der Waals surface area contributed by atoms with Crippen LogP contribution in [0.15, 0.2) is 0 Å². The monoisotopic (exact) mass is 271 g/mol. The number of nitrogens with zero attached hydrogens (tertiary/aromatic N) is 1. The highest BCUT2D eigenvalue weighted by Gasteiger charge is 2.22. The van der Waals surface area contributed by atoms with Crippen molar-refractivity contribution in [2.75, 3.05) is 39.8 Å². The number of nitrogens with one attached hydrogen (secondary N) is 2. The molecular weight excluding hydrogens is 246 g/mol. The summed E-state index contributed by atoms with van der Waals surface area (Å²) in [5.74, 6) is -0.208. The Morgan fingerprint density at radius 2 is 2.26 bits per heavy atom. The van der Waals surface area contributed by atoms with Crippen LogP contribution in [-0.4, -0.2) is 62.7 Å². The van der Waals surface area contributed by atoms with Gasteiger partial charge in [-0.1, -0.05) is 6.92 Å². The molecule has 1 aliphatic heterocycles. The van der Waals surface area contributed by atoms with Gasteiger partial charge in [-0.15, -0.1) is 0 Å². The van der Waals surface area contributed by atoms with Crippen molar-refractivity contribution in [1.82, 2.24) is 15.5 Å². The number of hydrogen-bond donors (Lipinski definition) is 2. The zero-order valence-electron chi connectivity index (χ0n) is 11.9. The van der Waals surface area contributed by atoms with Gasteiger partial charge in [0.15, 0.2) is 0 Å². The molecule has 0 aromatic carbocycles. The lowest BCUT2D eigenvalue weighted by Gasteiger charge is -2.26. The summed E-state index contributed by atoms with van der Waals surface area (Å²) in [5.41, 5.74) is 0. The molecule has 110 valence electrons. The minimum atomic E-state index is -0.235. The van der Waals surface area contributed by atoms with E-state index in [2.05, 4.69) is 27.2 Å². The Bertz CT molecular complexity index is 291. The Morgan fingerprint density at radius 1 is 1.47 bits per heavy atom. The molecule has 1 amide bonds. The van der Waals surface area contributed by atoms with Gasteiger partial charge in [0.25, 0.3) is 0 Å². The SMILES string of the molecule is CCN(CC(=O)NCCCC(=O)OC)C1CCNC1. The predicted molar refractivity (Wildman–Crippen MR) is 72.8 cm³/mol. The van der Waals surface area contributed by atoms with Crippen LogP contribution in [0.4, 0.5) is 0 Å². The second kappa shape index (κ2) is 8.87. The highest BCUT2D eigenvalue weighted by atomic mass is 16.5. The summed E-state index contributed by atoms with van der Waals surface area (Å²) in [5, 5.41) is 6.15. The summed E-state index contributed by atoms with van der Waals surface area (Å²) in [4.78, 5) is 24.9. The van der Waals surface area contributed by atoms with Crippen molar-refractivity contribution >= 4 is 11.9 Å². The predicted octanol–water partition coefficient (Wildman–Crippen LogP) is -0.260. The number of methoxy groups -OCH3 is 1. The second-order valence-corrected chi connectivity index (χ2v) is 4.74. The van der Waals surface area contributed by atoms with Crippen molar-refractivity contribution in [3.63, 3.8) is 0 Å². The van der Waals surface area contributed by atoms with E-state index >= 15 is 0 Å². The van der Waals surface area contributed by atoms with Crippen LogP contribution in [0.5, 0.6) is 0 Å².